The fraction of sp³-hybridized carbons (Fsp3) is 0.647. The number of quaternary nitrogens is 1. The molecule has 1 fully saturated rings. The van der Waals surface area contributed by atoms with Crippen molar-refractivity contribution in [2.75, 3.05) is 20.1 Å². The molecular weight excluding hydrogens is 218 g/mol. The maximum Gasteiger partial charge on any atom is 0.0859 e. The van der Waals surface area contributed by atoms with Gasteiger partial charge in [0.25, 0.3) is 0 Å². The molecule has 0 spiro atoms. The van der Waals surface area contributed by atoms with Crippen LogP contribution in [0.15, 0.2) is 30.3 Å². The quantitative estimate of drug-likeness (QED) is 0.688. The lowest BCUT2D eigenvalue weighted by molar-refractivity contribution is -0.936. The molecule has 1 aliphatic heterocycles. The first-order chi connectivity index (χ1) is 8.71. The molecule has 0 aliphatic carbocycles. The van der Waals surface area contributed by atoms with Crippen molar-refractivity contribution in [3.05, 3.63) is 35.9 Å². The van der Waals surface area contributed by atoms with E-state index in [-0.39, 0.29) is 0 Å². The van der Waals surface area contributed by atoms with Crippen LogP contribution in [0.4, 0.5) is 0 Å². The summed E-state index contributed by atoms with van der Waals surface area (Å²) in [6, 6.07) is 11.7. The Bertz CT molecular complexity index is 338. The van der Waals surface area contributed by atoms with Gasteiger partial charge in [0.2, 0.25) is 0 Å². The van der Waals surface area contributed by atoms with Gasteiger partial charge in [0.05, 0.1) is 26.2 Å². The summed E-state index contributed by atoms with van der Waals surface area (Å²) in [6.07, 6.45) is 8.25. The normalized spacial score (nSPS) is 20.6. The number of aryl methyl sites for hydroxylation is 1. The van der Waals surface area contributed by atoms with Gasteiger partial charge < -0.3 is 4.48 Å². The number of hydrogen-bond donors (Lipinski definition) is 0. The molecule has 1 nitrogen and oxygen atoms in total. The highest BCUT2D eigenvalue weighted by Crippen LogP contribution is 2.23. The zero-order chi connectivity index (χ0) is 12.8. The summed E-state index contributed by atoms with van der Waals surface area (Å²) in [5, 5.41) is 0. The van der Waals surface area contributed by atoms with Gasteiger partial charge in [-0.2, -0.15) is 0 Å². The van der Waals surface area contributed by atoms with Gasteiger partial charge in [-0.25, -0.2) is 0 Å². The number of rotatable bonds is 5. The van der Waals surface area contributed by atoms with Crippen molar-refractivity contribution in [3.8, 4) is 0 Å². The number of piperidine rings is 1. The standard InChI is InChI=1S/C17H28N/c1-16(18(2)14-7-4-8-15-18)10-9-13-17-11-5-3-6-12-17/h3,5-6,11-12,16H,4,7-10,13-15H2,1-2H3/q+1. The molecule has 1 unspecified atom stereocenters. The summed E-state index contributed by atoms with van der Waals surface area (Å²) in [6.45, 7) is 5.25. The van der Waals surface area contributed by atoms with Gasteiger partial charge in [0, 0.05) is 0 Å². The highest BCUT2D eigenvalue weighted by atomic mass is 15.4. The van der Waals surface area contributed by atoms with E-state index in [4.69, 9.17) is 0 Å². The second-order valence-electron chi connectivity index (χ2n) is 6.21. The van der Waals surface area contributed by atoms with Crippen LogP contribution in [0.2, 0.25) is 0 Å². The van der Waals surface area contributed by atoms with Crippen LogP contribution in [0.25, 0.3) is 0 Å². The van der Waals surface area contributed by atoms with Crippen LogP contribution in [-0.4, -0.2) is 30.7 Å². The van der Waals surface area contributed by atoms with Gasteiger partial charge in [-0.1, -0.05) is 30.3 Å². The first kappa shape index (κ1) is 13.6. The summed E-state index contributed by atoms with van der Waals surface area (Å²) in [4.78, 5) is 0. The molecule has 1 aromatic carbocycles. The molecule has 0 bridgehead atoms. The third-order valence-corrected chi connectivity index (χ3v) is 4.83. The molecule has 18 heavy (non-hydrogen) atoms. The van der Waals surface area contributed by atoms with E-state index < -0.39 is 0 Å². The van der Waals surface area contributed by atoms with E-state index in [1.54, 1.807) is 0 Å². The average Bonchev–Trinajstić information content (AvgIpc) is 2.41. The van der Waals surface area contributed by atoms with Crippen LogP contribution in [0.3, 0.4) is 0 Å². The molecule has 0 saturated carbocycles. The van der Waals surface area contributed by atoms with Crippen LogP contribution in [0.5, 0.6) is 0 Å². The zero-order valence-electron chi connectivity index (χ0n) is 12.1. The Balaban J connectivity index is 1.76. The van der Waals surface area contributed by atoms with E-state index in [2.05, 4.69) is 44.3 Å². The Morgan fingerprint density at radius 2 is 1.72 bits per heavy atom. The fourth-order valence-corrected chi connectivity index (χ4v) is 3.23. The van der Waals surface area contributed by atoms with Crippen molar-refractivity contribution < 1.29 is 4.48 Å². The van der Waals surface area contributed by atoms with Gasteiger partial charge >= 0.3 is 0 Å². The van der Waals surface area contributed by atoms with Crippen molar-refractivity contribution in [1.82, 2.24) is 0 Å². The maximum atomic E-state index is 2.46. The van der Waals surface area contributed by atoms with Crippen molar-refractivity contribution in [1.29, 1.82) is 0 Å². The Labute approximate surface area is 112 Å². The summed E-state index contributed by atoms with van der Waals surface area (Å²) >= 11 is 0. The van der Waals surface area contributed by atoms with E-state index >= 15 is 0 Å². The zero-order valence-corrected chi connectivity index (χ0v) is 12.1. The first-order valence-electron chi connectivity index (χ1n) is 7.59. The predicted molar refractivity (Wildman–Crippen MR) is 78.6 cm³/mol. The summed E-state index contributed by atoms with van der Waals surface area (Å²) < 4.78 is 1.31. The lowest BCUT2D eigenvalue weighted by Gasteiger charge is -2.43. The average molecular weight is 246 g/mol. The van der Waals surface area contributed by atoms with Crippen molar-refractivity contribution in [2.24, 2.45) is 0 Å². The first-order valence-corrected chi connectivity index (χ1v) is 7.59. The third kappa shape index (κ3) is 3.58. The minimum absolute atomic E-state index is 0.828. The number of likely N-dealkylation sites (tertiary alicyclic amines) is 1. The largest absolute Gasteiger partial charge is 0.324 e. The minimum atomic E-state index is 0.828. The smallest absolute Gasteiger partial charge is 0.0859 e. The van der Waals surface area contributed by atoms with Crippen LogP contribution >= 0.6 is 0 Å². The van der Waals surface area contributed by atoms with Crippen LogP contribution in [0, 0.1) is 0 Å². The van der Waals surface area contributed by atoms with Crippen LogP contribution < -0.4 is 0 Å². The van der Waals surface area contributed by atoms with Gasteiger partial charge in [0.1, 0.15) is 0 Å². The van der Waals surface area contributed by atoms with Crippen molar-refractivity contribution in [2.45, 2.75) is 51.5 Å². The van der Waals surface area contributed by atoms with Gasteiger partial charge in [0.15, 0.2) is 0 Å². The summed E-state index contributed by atoms with van der Waals surface area (Å²) in [5.74, 6) is 0. The highest BCUT2D eigenvalue weighted by Gasteiger charge is 2.30. The Kier molecular flexibility index (Phi) is 4.82. The van der Waals surface area contributed by atoms with Gasteiger partial charge in [-0.3, -0.25) is 0 Å². The minimum Gasteiger partial charge on any atom is -0.324 e. The summed E-state index contributed by atoms with van der Waals surface area (Å²) in [7, 11) is 2.46. The molecule has 1 aliphatic rings. The van der Waals surface area contributed by atoms with E-state index in [9.17, 15) is 0 Å². The molecule has 2 rings (SSSR count). The molecule has 1 heteroatoms. The Hall–Kier alpha value is -0.820. The van der Waals surface area contributed by atoms with E-state index in [1.807, 2.05) is 0 Å². The monoisotopic (exact) mass is 246 g/mol. The topological polar surface area (TPSA) is 0 Å². The highest BCUT2D eigenvalue weighted by molar-refractivity contribution is 5.14. The van der Waals surface area contributed by atoms with Crippen LogP contribution in [-0.2, 0) is 6.42 Å². The molecule has 1 heterocycles. The Morgan fingerprint density at radius 3 is 2.39 bits per heavy atom. The molecule has 0 N–H and O–H groups in total. The number of benzene rings is 1. The number of hydrogen-bond acceptors (Lipinski definition) is 0. The van der Waals surface area contributed by atoms with E-state index in [0.717, 1.165) is 6.04 Å². The molecular formula is C17H28N+. The molecule has 100 valence electrons. The molecule has 1 aromatic rings. The maximum absolute atomic E-state index is 2.46. The second-order valence-corrected chi connectivity index (χ2v) is 6.21. The van der Waals surface area contributed by atoms with E-state index in [1.165, 1.54) is 61.7 Å². The van der Waals surface area contributed by atoms with E-state index in [0.29, 0.717) is 0 Å². The van der Waals surface area contributed by atoms with Crippen molar-refractivity contribution in [3.63, 3.8) is 0 Å². The lowest BCUT2D eigenvalue weighted by Crippen LogP contribution is -2.53. The predicted octanol–water partition coefficient (Wildman–Crippen LogP) is 4.03. The second kappa shape index (κ2) is 6.38. The molecule has 1 atom stereocenters. The summed E-state index contributed by atoms with van der Waals surface area (Å²) in [5.41, 5.74) is 1.49. The van der Waals surface area contributed by atoms with Gasteiger partial charge in [-0.05, 0) is 51.0 Å². The Morgan fingerprint density at radius 1 is 1.06 bits per heavy atom. The van der Waals surface area contributed by atoms with Crippen molar-refractivity contribution >= 4 is 0 Å². The van der Waals surface area contributed by atoms with Crippen LogP contribution in [0.1, 0.15) is 44.6 Å². The lowest BCUT2D eigenvalue weighted by atomic mass is 10.00. The number of nitrogens with zero attached hydrogens (tertiary/aromatic N) is 1. The van der Waals surface area contributed by atoms with Gasteiger partial charge in [-0.15, -0.1) is 0 Å². The fourth-order valence-electron chi connectivity index (χ4n) is 3.23. The molecule has 0 radical (unpaired) electrons. The molecule has 1 saturated heterocycles. The SMILES string of the molecule is CC(CCCc1ccccc1)[N+]1(C)CCCCC1. The molecule has 0 amide bonds. The third-order valence-electron chi connectivity index (χ3n) is 4.83. The molecule has 0 aromatic heterocycles.